The third-order valence-corrected chi connectivity index (χ3v) is 3.55. The number of carbonyl (C=O) groups is 1. The Morgan fingerprint density at radius 2 is 2.32 bits per heavy atom. The molecule has 0 saturated heterocycles. The van der Waals surface area contributed by atoms with E-state index < -0.39 is 5.60 Å². The maximum absolute atomic E-state index is 11.5. The van der Waals surface area contributed by atoms with Crippen LogP contribution in [0.2, 0.25) is 0 Å². The maximum atomic E-state index is 11.5. The molecule has 19 heavy (non-hydrogen) atoms. The van der Waals surface area contributed by atoms with Crippen LogP contribution in [0.5, 0.6) is 0 Å². The molecule has 0 spiro atoms. The van der Waals surface area contributed by atoms with Gasteiger partial charge in [-0.25, -0.2) is 4.79 Å². The number of aryl methyl sites for hydroxylation is 2. The third-order valence-electron chi connectivity index (χ3n) is 3.55. The lowest BCUT2D eigenvalue weighted by Gasteiger charge is -2.36. The second kappa shape index (κ2) is 6.06. The summed E-state index contributed by atoms with van der Waals surface area (Å²) in [7, 11) is 1.89. The van der Waals surface area contributed by atoms with Crippen molar-refractivity contribution in [3.05, 3.63) is 18.0 Å². The standard InChI is InChI=1S/C13H22N4O2/c1-17-9-11(8-16-17)4-2-7-14-12(18)15-10-13(19)5-3-6-13/h8-9,19H,2-7,10H2,1H3,(H2,14,15,18). The largest absolute Gasteiger partial charge is 0.388 e. The molecule has 3 N–H and O–H groups in total. The second-order valence-corrected chi connectivity index (χ2v) is 5.31. The summed E-state index contributed by atoms with van der Waals surface area (Å²) in [5, 5.41) is 19.4. The quantitative estimate of drug-likeness (QED) is 0.659. The van der Waals surface area contributed by atoms with Crippen molar-refractivity contribution < 1.29 is 9.90 Å². The summed E-state index contributed by atoms with van der Waals surface area (Å²) in [5.74, 6) is 0. The number of amides is 2. The minimum absolute atomic E-state index is 0.202. The zero-order valence-electron chi connectivity index (χ0n) is 11.4. The highest BCUT2D eigenvalue weighted by atomic mass is 16.3. The number of carbonyl (C=O) groups excluding carboxylic acids is 1. The molecule has 1 aromatic rings. The topological polar surface area (TPSA) is 79.2 Å². The van der Waals surface area contributed by atoms with Crippen LogP contribution in [0.1, 0.15) is 31.2 Å². The first kappa shape index (κ1) is 13.9. The molecule has 1 aromatic heterocycles. The van der Waals surface area contributed by atoms with Crippen LogP contribution in [0, 0.1) is 0 Å². The number of hydrogen-bond acceptors (Lipinski definition) is 3. The molecule has 106 valence electrons. The van der Waals surface area contributed by atoms with Gasteiger partial charge in [-0.2, -0.15) is 5.10 Å². The fourth-order valence-electron chi connectivity index (χ4n) is 2.16. The van der Waals surface area contributed by atoms with Gasteiger partial charge in [0.2, 0.25) is 0 Å². The molecule has 0 atom stereocenters. The Hall–Kier alpha value is -1.56. The van der Waals surface area contributed by atoms with Crippen LogP contribution >= 0.6 is 0 Å². The van der Waals surface area contributed by atoms with E-state index in [1.807, 2.05) is 19.4 Å². The van der Waals surface area contributed by atoms with Gasteiger partial charge >= 0.3 is 6.03 Å². The van der Waals surface area contributed by atoms with Crippen molar-refractivity contribution in [3.8, 4) is 0 Å². The molecule has 0 bridgehead atoms. The number of rotatable bonds is 6. The lowest BCUT2D eigenvalue weighted by atomic mass is 9.80. The van der Waals surface area contributed by atoms with Crippen LogP contribution < -0.4 is 10.6 Å². The summed E-state index contributed by atoms with van der Waals surface area (Å²) in [6.45, 7) is 0.973. The lowest BCUT2D eigenvalue weighted by Crippen LogP contribution is -2.50. The average Bonchev–Trinajstić information content (AvgIpc) is 2.75. The monoisotopic (exact) mass is 266 g/mol. The van der Waals surface area contributed by atoms with E-state index in [1.165, 1.54) is 5.56 Å². The molecule has 1 saturated carbocycles. The van der Waals surface area contributed by atoms with Crippen molar-refractivity contribution in [2.75, 3.05) is 13.1 Å². The molecule has 2 amide bonds. The van der Waals surface area contributed by atoms with E-state index in [0.717, 1.165) is 32.1 Å². The Kier molecular flexibility index (Phi) is 4.42. The summed E-state index contributed by atoms with van der Waals surface area (Å²) < 4.78 is 1.77. The third kappa shape index (κ3) is 4.24. The SMILES string of the molecule is Cn1cc(CCCNC(=O)NCC2(O)CCC2)cn1. The molecule has 0 radical (unpaired) electrons. The summed E-state index contributed by atoms with van der Waals surface area (Å²) in [6, 6.07) is -0.202. The Morgan fingerprint density at radius 1 is 1.53 bits per heavy atom. The van der Waals surface area contributed by atoms with Gasteiger partial charge in [-0.15, -0.1) is 0 Å². The zero-order valence-corrected chi connectivity index (χ0v) is 11.4. The normalized spacial score (nSPS) is 16.7. The van der Waals surface area contributed by atoms with Gasteiger partial charge in [0.25, 0.3) is 0 Å². The molecular formula is C13H22N4O2. The molecule has 0 aromatic carbocycles. The average molecular weight is 266 g/mol. The van der Waals surface area contributed by atoms with Crippen molar-refractivity contribution >= 4 is 6.03 Å². The van der Waals surface area contributed by atoms with E-state index in [-0.39, 0.29) is 6.03 Å². The molecule has 0 aliphatic heterocycles. The highest BCUT2D eigenvalue weighted by molar-refractivity contribution is 5.73. The Balaban J connectivity index is 1.54. The number of aromatic nitrogens is 2. The maximum Gasteiger partial charge on any atom is 0.314 e. The van der Waals surface area contributed by atoms with Gasteiger partial charge in [-0.3, -0.25) is 4.68 Å². The van der Waals surface area contributed by atoms with Crippen LogP contribution in [0.15, 0.2) is 12.4 Å². The summed E-state index contributed by atoms with van der Waals surface area (Å²) in [5.41, 5.74) is 0.515. The Bertz CT molecular complexity index is 426. The predicted octanol–water partition coefficient (Wildman–Crippen LogP) is 0.567. The molecule has 0 unspecified atom stereocenters. The van der Waals surface area contributed by atoms with Crippen LogP contribution in [0.3, 0.4) is 0 Å². The molecule has 1 aliphatic carbocycles. The molecule has 1 heterocycles. The van der Waals surface area contributed by atoms with Crippen molar-refractivity contribution in [2.24, 2.45) is 7.05 Å². The summed E-state index contributed by atoms with van der Waals surface area (Å²) in [6.07, 6.45) is 8.22. The van der Waals surface area contributed by atoms with E-state index in [0.29, 0.717) is 13.1 Å². The van der Waals surface area contributed by atoms with Gasteiger partial charge in [-0.1, -0.05) is 0 Å². The minimum Gasteiger partial charge on any atom is -0.388 e. The van der Waals surface area contributed by atoms with Gasteiger partial charge in [0.15, 0.2) is 0 Å². The van der Waals surface area contributed by atoms with Gasteiger partial charge < -0.3 is 15.7 Å². The molecule has 2 rings (SSSR count). The lowest BCUT2D eigenvalue weighted by molar-refractivity contribution is -0.0290. The molecule has 6 nitrogen and oxygen atoms in total. The summed E-state index contributed by atoms with van der Waals surface area (Å²) >= 11 is 0. The molecular weight excluding hydrogens is 244 g/mol. The first-order chi connectivity index (χ1) is 9.07. The number of nitrogens with one attached hydrogen (secondary N) is 2. The Morgan fingerprint density at radius 3 is 2.89 bits per heavy atom. The first-order valence-corrected chi connectivity index (χ1v) is 6.79. The van der Waals surface area contributed by atoms with Crippen molar-refractivity contribution in [1.29, 1.82) is 0 Å². The molecule has 6 heteroatoms. The van der Waals surface area contributed by atoms with E-state index in [9.17, 15) is 9.90 Å². The summed E-state index contributed by atoms with van der Waals surface area (Å²) in [4.78, 5) is 11.5. The van der Waals surface area contributed by atoms with Crippen molar-refractivity contribution in [2.45, 2.75) is 37.7 Å². The van der Waals surface area contributed by atoms with E-state index >= 15 is 0 Å². The number of nitrogens with zero attached hydrogens (tertiary/aromatic N) is 2. The molecule has 1 aliphatic rings. The Labute approximate surface area is 113 Å². The number of aliphatic hydroxyl groups is 1. The van der Waals surface area contributed by atoms with Crippen LogP contribution in [0.4, 0.5) is 4.79 Å². The second-order valence-electron chi connectivity index (χ2n) is 5.31. The fraction of sp³-hybridized carbons (Fsp3) is 0.692. The van der Waals surface area contributed by atoms with E-state index in [2.05, 4.69) is 15.7 Å². The van der Waals surface area contributed by atoms with Gasteiger partial charge in [0.1, 0.15) is 0 Å². The van der Waals surface area contributed by atoms with Crippen molar-refractivity contribution in [3.63, 3.8) is 0 Å². The minimum atomic E-state index is -0.660. The highest BCUT2D eigenvalue weighted by Gasteiger charge is 2.34. The van der Waals surface area contributed by atoms with Crippen LogP contribution in [0.25, 0.3) is 0 Å². The number of hydrogen-bond donors (Lipinski definition) is 3. The molecule has 1 fully saturated rings. The van der Waals surface area contributed by atoms with Gasteiger partial charge in [0, 0.05) is 26.3 Å². The van der Waals surface area contributed by atoms with Gasteiger partial charge in [0.05, 0.1) is 11.8 Å². The van der Waals surface area contributed by atoms with E-state index in [1.54, 1.807) is 4.68 Å². The van der Waals surface area contributed by atoms with Crippen molar-refractivity contribution in [1.82, 2.24) is 20.4 Å². The fourth-order valence-corrected chi connectivity index (χ4v) is 2.16. The number of urea groups is 1. The van der Waals surface area contributed by atoms with Crippen LogP contribution in [-0.4, -0.2) is 39.6 Å². The first-order valence-electron chi connectivity index (χ1n) is 6.79. The highest BCUT2D eigenvalue weighted by Crippen LogP contribution is 2.30. The smallest absolute Gasteiger partial charge is 0.314 e. The van der Waals surface area contributed by atoms with Gasteiger partial charge in [-0.05, 0) is 37.7 Å². The zero-order chi connectivity index (χ0) is 13.7. The van der Waals surface area contributed by atoms with Crippen LogP contribution in [-0.2, 0) is 13.5 Å². The van der Waals surface area contributed by atoms with E-state index in [4.69, 9.17) is 0 Å². The predicted molar refractivity (Wildman–Crippen MR) is 71.7 cm³/mol.